The first-order valence-corrected chi connectivity index (χ1v) is 4.61. The predicted molar refractivity (Wildman–Crippen MR) is 53.6 cm³/mol. The van der Waals surface area contributed by atoms with Crippen molar-refractivity contribution in [1.82, 2.24) is 0 Å². The van der Waals surface area contributed by atoms with E-state index < -0.39 is 0 Å². The zero-order valence-electron chi connectivity index (χ0n) is 8.72. The van der Waals surface area contributed by atoms with Crippen LogP contribution in [0.3, 0.4) is 0 Å². The van der Waals surface area contributed by atoms with Crippen LogP contribution in [0.25, 0.3) is 0 Å². The second-order valence-corrected chi connectivity index (χ2v) is 3.37. The Morgan fingerprint density at radius 2 is 1.86 bits per heavy atom. The van der Waals surface area contributed by atoms with Gasteiger partial charge in [0.25, 0.3) is 0 Å². The standard InChI is InChI=1S/C11H14O3/c1-7-9(3)14-10(5-4-6-12)8(2)11(7)13/h6H,4-5H2,1-3H3. The second-order valence-electron chi connectivity index (χ2n) is 3.37. The van der Waals surface area contributed by atoms with E-state index in [2.05, 4.69) is 0 Å². The summed E-state index contributed by atoms with van der Waals surface area (Å²) in [6.07, 6.45) is 1.73. The average Bonchev–Trinajstić information content (AvgIpc) is 2.18. The third-order valence-electron chi connectivity index (χ3n) is 2.39. The largest absolute Gasteiger partial charge is 0.466 e. The molecular formula is C11H14O3. The van der Waals surface area contributed by atoms with Crippen molar-refractivity contribution >= 4 is 6.29 Å². The summed E-state index contributed by atoms with van der Waals surface area (Å²) in [5.74, 6) is 1.27. The van der Waals surface area contributed by atoms with E-state index >= 15 is 0 Å². The van der Waals surface area contributed by atoms with Crippen molar-refractivity contribution in [2.24, 2.45) is 0 Å². The first-order chi connectivity index (χ1) is 6.57. The van der Waals surface area contributed by atoms with Gasteiger partial charge in [0.2, 0.25) is 0 Å². The molecule has 0 bridgehead atoms. The van der Waals surface area contributed by atoms with Gasteiger partial charge in [0, 0.05) is 24.0 Å². The SMILES string of the molecule is Cc1oc(CCC=O)c(C)c(=O)c1C. The Morgan fingerprint density at radius 3 is 2.43 bits per heavy atom. The smallest absolute Gasteiger partial charge is 0.191 e. The van der Waals surface area contributed by atoms with Gasteiger partial charge >= 0.3 is 0 Å². The number of aryl methyl sites for hydroxylation is 2. The van der Waals surface area contributed by atoms with Crippen molar-refractivity contribution in [3.05, 3.63) is 32.9 Å². The van der Waals surface area contributed by atoms with Crippen molar-refractivity contribution < 1.29 is 9.21 Å². The van der Waals surface area contributed by atoms with Crippen molar-refractivity contribution in [3.8, 4) is 0 Å². The van der Waals surface area contributed by atoms with E-state index in [-0.39, 0.29) is 5.43 Å². The lowest BCUT2D eigenvalue weighted by Gasteiger charge is -2.06. The fourth-order valence-electron chi connectivity index (χ4n) is 1.33. The lowest BCUT2D eigenvalue weighted by atomic mass is 10.1. The average molecular weight is 194 g/mol. The fraction of sp³-hybridized carbons (Fsp3) is 0.455. The minimum absolute atomic E-state index is 0.0228. The van der Waals surface area contributed by atoms with Gasteiger partial charge in [-0.15, -0.1) is 0 Å². The number of hydrogen-bond acceptors (Lipinski definition) is 3. The van der Waals surface area contributed by atoms with Crippen LogP contribution in [0.4, 0.5) is 0 Å². The van der Waals surface area contributed by atoms with Gasteiger partial charge in [0.15, 0.2) is 5.43 Å². The lowest BCUT2D eigenvalue weighted by Crippen LogP contribution is -2.13. The maximum Gasteiger partial charge on any atom is 0.191 e. The predicted octanol–water partition coefficient (Wildman–Crippen LogP) is 1.70. The van der Waals surface area contributed by atoms with Gasteiger partial charge in [-0.2, -0.15) is 0 Å². The van der Waals surface area contributed by atoms with Crippen LogP contribution in [-0.4, -0.2) is 6.29 Å². The van der Waals surface area contributed by atoms with E-state index in [9.17, 15) is 9.59 Å². The summed E-state index contributed by atoms with van der Waals surface area (Å²) >= 11 is 0. The normalized spacial score (nSPS) is 10.2. The number of carbonyl (C=O) groups is 1. The molecule has 0 atom stereocenters. The maximum atomic E-state index is 11.6. The van der Waals surface area contributed by atoms with Gasteiger partial charge in [0.1, 0.15) is 17.8 Å². The monoisotopic (exact) mass is 194 g/mol. The molecule has 0 unspecified atom stereocenters. The highest BCUT2D eigenvalue weighted by atomic mass is 16.3. The summed E-state index contributed by atoms with van der Waals surface area (Å²) < 4.78 is 5.46. The van der Waals surface area contributed by atoms with Crippen molar-refractivity contribution in [2.75, 3.05) is 0 Å². The first-order valence-electron chi connectivity index (χ1n) is 4.61. The van der Waals surface area contributed by atoms with Crippen molar-refractivity contribution in [2.45, 2.75) is 33.6 Å². The van der Waals surface area contributed by atoms with E-state index in [1.165, 1.54) is 0 Å². The van der Waals surface area contributed by atoms with Gasteiger partial charge in [-0.25, -0.2) is 0 Å². The van der Waals surface area contributed by atoms with Crippen LogP contribution >= 0.6 is 0 Å². The molecule has 0 N–H and O–H groups in total. The Kier molecular flexibility index (Phi) is 3.23. The quantitative estimate of drug-likeness (QED) is 0.688. The highest BCUT2D eigenvalue weighted by molar-refractivity contribution is 5.49. The number of carbonyl (C=O) groups excluding carboxylic acids is 1. The maximum absolute atomic E-state index is 11.6. The molecule has 1 aromatic rings. The molecule has 0 saturated carbocycles. The molecule has 3 heteroatoms. The summed E-state index contributed by atoms with van der Waals surface area (Å²) in [6, 6.07) is 0. The zero-order valence-corrected chi connectivity index (χ0v) is 8.72. The first kappa shape index (κ1) is 10.7. The molecule has 0 amide bonds. The molecule has 0 aliphatic carbocycles. The van der Waals surface area contributed by atoms with E-state index in [4.69, 9.17) is 4.42 Å². The molecule has 0 aliphatic heterocycles. The Balaban J connectivity index is 3.19. The lowest BCUT2D eigenvalue weighted by molar-refractivity contribution is -0.107. The highest BCUT2D eigenvalue weighted by Gasteiger charge is 2.09. The van der Waals surface area contributed by atoms with Gasteiger partial charge in [-0.05, 0) is 20.8 Å². The van der Waals surface area contributed by atoms with Gasteiger partial charge in [-0.3, -0.25) is 4.79 Å². The molecule has 0 saturated heterocycles. The van der Waals surface area contributed by atoms with E-state index in [1.54, 1.807) is 20.8 Å². The molecule has 0 spiro atoms. The van der Waals surface area contributed by atoms with Crippen molar-refractivity contribution in [3.63, 3.8) is 0 Å². The Morgan fingerprint density at radius 1 is 1.21 bits per heavy atom. The molecular weight excluding hydrogens is 180 g/mol. The summed E-state index contributed by atoms with van der Waals surface area (Å²) in [5, 5.41) is 0. The Bertz CT molecular complexity index is 402. The summed E-state index contributed by atoms with van der Waals surface area (Å²) in [6.45, 7) is 5.25. The highest BCUT2D eigenvalue weighted by Crippen LogP contribution is 2.11. The molecule has 1 aromatic heterocycles. The molecule has 14 heavy (non-hydrogen) atoms. The van der Waals surface area contributed by atoms with Gasteiger partial charge < -0.3 is 9.21 Å². The second kappa shape index (κ2) is 4.22. The van der Waals surface area contributed by atoms with Crippen LogP contribution in [0.5, 0.6) is 0 Å². The molecule has 1 heterocycles. The summed E-state index contributed by atoms with van der Waals surface area (Å²) in [7, 11) is 0. The fourth-order valence-corrected chi connectivity index (χ4v) is 1.33. The van der Waals surface area contributed by atoms with Gasteiger partial charge in [0.05, 0.1) is 0 Å². The van der Waals surface area contributed by atoms with Crippen molar-refractivity contribution in [1.29, 1.82) is 0 Å². The summed E-state index contributed by atoms with van der Waals surface area (Å²) in [4.78, 5) is 21.8. The Hall–Kier alpha value is -1.38. The molecule has 76 valence electrons. The molecule has 1 rings (SSSR count). The summed E-state index contributed by atoms with van der Waals surface area (Å²) in [5.41, 5.74) is 1.29. The number of rotatable bonds is 3. The molecule has 0 fully saturated rings. The number of hydrogen-bond donors (Lipinski definition) is 0. The van der Waals surface area contributed by atoms with E-state index in [0.29, 0.717) is 35.5 Å². The van der Waals surface area contributed by atoms with Gasteiger partial charge in [-0.1, -0.05) is 0 Å². The van der Waals surface area contributed by atoms with Crippen LogP contribution in [-0.2, 0) is 11.2 Å². The van der Waals surface area contributed by atoms with Crippen LogP contribution in [0.1, 0.15) is 29.1 Å². The zero-order chi connectivity index (χ0) is 10.7. The minimum atomic E-state index is 0.0228. The third kappa shape index (κ3) is 1.92. The third-order valence-corrected chi connectivity index (χ3v) is 2.39. The topological polar surface area (TPSA) is 47.3 Å². The van der Waals surface area contributed by atoms with Crippen LogP contribution in [0.2, 0.25) is 0 Å². The van der Waals surface area contributed by atoms with Crippen LogP contribution in [0, 0.1) is 20.8 Å². The molecule has 3 nitrogen and oxygen atoms in total. The molecule has 0 aromatic carbocycles. The molecule has 0 radical (unpaired) electrons. The number of aldehydes is 1. The van der Waals surface area contributed by atoms with E-state index in [1.807, 2.05) is 0 Å². The Labute approximate surface area is 82.7 Å². The minimum Gasteiger partial charge on any atom is -0.466 e. The van der Waals surface area contributed by atoms with E-state index in [0.717, 1.165) is 6.29 Å². The molecule has 0 aliphatic rings. The van der Waals surface area contributed by atoms with Crippen LogP contribution in [0.15, 0.2) is 9.21 Å². The van der Waals surface area contributed by atoms with Crippen LogP contribution < -0.4 is 5.43 Å².